The van der Waals surface area contributed by atoms with E-state index < -0.39 is 5.97 Å². The van der Waals surface area contributed by atoms with Crippen LogP contribution in [0.4, 0.5) is 0 Å². The standard InChI is InChI=1S/C16H16ClNO3/c1-3-10(2)11-4-6-13(7-5-11)21-15-9-12(16(19)20)8-14(17)18-15/h4-10H,3H2,1-2H3,(H,19,20). The van der Waals surface area contributed by atoms with Crippen molar-refractivity contribution >= 4 is 17.6 Å². The fourth-order valence-electron chi connectivity index (χ4n) is 1.87. The Morgan fingerprint density at radius 1 is 1.33 bits per heavy atom. The van der Waals surface area contributed by atoms with Crippen molar-refractivity contribution in [2.45, 2.75) is 26.2 Å². The summed E-state index contributed by atoms with van der Waals surface area (Å²) >= 11 is 5.79. The van der Waals surface area contributed by atoms with E-state index in [-0.39, 0.29) is 16.6 Å². The van der Waals surface area contributed by atoms with Crippen LogP contribution in [-0.4, -0.2) is 16.1 Å². The topological polar surface area (TPSA) is 59.4 Å². The third-order valence-electron chi connectivity index (χ3n) is 3.30. The summed E-state index contributed by atoms with van der Waals surface area (Å²) in [5, 5.41) is 9.07. The molecule has 0 aliphatic rings. The number of aromatic nitrogens is 1. The fourth-order valence-corrected chi connectivity index (χ4v) is 2.07. The molecule has 5 heteroatoms. The smallest absolute Gasteiger partial charge is 0.335 e. The molecule has 1 aromatic heterocycles. The van der Waals surface area contributed by atoms with Gasteiger partial charge in [-0.25, -0.2) is 9.78 Å². The van der Waals surface area contributed by atoms with Gasteiger partial charge in [0.05, 0.1) is 5.56 Å². The molecule has 2 aromatic rings. The number of carboxylic acids is 1. The minimum absolute atomic E-state index is 0.0428. The Hall–Kier alpha value is -2.07. The highest BCUT2D eigenvalue weighted by atomic mass is 35.5. The maximum atomic E-state index is 11.0. The van der Waals surface area contributed by atoms with Gasteiger partial charge >= 0.3 is 5.97 Å². The minimum Gasteiger partial charge on any atom is -0.478 e. The molecular formula is C16H16ClNO3. The van der Waals surface area contributed by atoms with Crippen LogP contribution in [0, 0.1) is 0 Å². The Morgan fingerprint density at radius 3 is 2.57 bits per heavy atom. The zero-order chi connectivity index (χ0) is 15.4. The number of hydrogen-bond donors (Lipinski definition) is 1. The van der Waals surface area contributed by atoms with E-state index in [9.17, 15) is 4.79 Å². The van der Waals surface area contributed by atoms with E-state index in [1.165, 1.54) is 17.7 Å². The van der Waals surface area contributed by atoms with E-state index in [4.69, 9.17) is 21.4 Å². The second-order valence-electron chi connectivity index (χ2n) is 4.80. The third kappa shape index (κ3) is 3.95. The van der Waals surface area contributed by atoms with E-state index in [1.807, 2.05) is 24.3 Å². The predicted octanol–water partition coefficient (Wildman–Crippen LogP) is 4.74. The first-order chi connectivity index (χ1) is 9.99. The van der Waals surface area contributed by atoms with Crippen molar-refractivity contribution in [3.8, 4) is 11.6 Å². The molecule has 4 nitrogen and oxygen atoms in total. The Bertz CT molecular complexity index is 640. The zero-order valence-corrected chi connectivity index (χ0v) is 12.6. The Kier molecular flexibility index (Phi) is 4.81. The average Bonchev–Trinajstić information content (AvgIpc) is 2.46. The van der Waals surface area contributed by atoms with Gasteiger partial charge in [0.2, 0.25) is 5.88 Å². The third-order valence-corrected chi connectivity index (χ3v) is 3.50. The van der Waals surface area contributed by atoms with Gasteiger partial charge in [-0.05, 0) is 36.1 Å². The second-order valence-corrected chi connectivity index (χ2v) is 5.19. The minimum atomic E-state index is -1.07. The molecule has 1 N–H and O–H groups in total. The highest BCUT2D eigenvalue weighted by Crippen LogP contribution is 2.26. The molecule has 21 heavy (non-hydrogen) atoms. The van der Waals surface area contributed by atoms with E-state index in [0.29, 0.717) is 11.7 Å². The van der Waals surface area contributed by atoms with Crippen molar-refractivity contribution < 1.29 is 14.6 Å². The summed E-state index contributed by atoms with van der Waals surface area (Å²) in [4.78, 5) is 14.9. The van der Waals surface area contributed by atoms with E-state index in [2.05, 4.69) is 18.8 Å². The molecule has 1 heterocycles. The van der Waals surface area contributed by atoms with Crippen molar-refractivity contribution in [2.75, 3.05) is 0 Å². The van der Waals surface area contributed by atoms with Crippen LogP contribution in [0.3, 0.4) is 0 Å². The molecule has 0 saturated carbocycles. The molecule has 110 valence electrons. The monoisotopic (exact) mass is 305 g/mol. The van der Waals surface area contributed by atoms with E-state index in [1.54, 1.807) is 0 Å². The van der Waals surface area contributed by atoms with Crippen LogP contribution in [0.25, 0.3) is 0 Å². The number of carbonyl (C=O) groups is 1. The number of ether oxygens (including phenoxy) is 1. The van der Waals surface area contributed by atoms with Crippen LogP contribution in [0.5, 0.6) is 11.6 Å². The first kappa shape index (κ1) is 15.3. The summed E-state index contributed by atoms with van der Waals surface area (Å²) in [6.45, 7) is 4.30. The van der Waals surface area contributed by atoms with E-state index in [0.717, 1.165) is 6.42 Å². The quantitative estimate of drug-likeness (QED) is 0.811. The van der Waals surface area contributed by atoms with Gasteiger partial charge in [0.25, 0.3) is 0 Å². The van der Waals surface area contributed by atoms with Gasteiger partial charge in [-0.3, -0.25) is 0 Å². The van der Waals surface area contributed by atoms with Gasteiger partial charge in [0, 0.05) is 6.07 Å². The lowest BCUT2D eigenvalue weighted by atomic mass is 9.99. The molecule has 2 rings (SSSR count). The first-order valence-corrected chi connectivity index (χ1v) is 7.06. The number of carboxylic acid groups (broad SMARTS) is 1. The number of aromatic carboxylic acids is 1. The van der Waals surface area contributed by atoms with Crippen molar-refractivity contribution in [1.29, 1.82) is 0 Å². The number of rotatable bonds is 5. The second kappa shape index (κ2) is 6.59. The SMILES string of the molecule is CCC(C)c1ccc(Oc2cc(C(=O)O)cc(Cl)n2)cc1. The summed E-state index contributed by atoms with van der Waals surface area (Å²) in [5.41, 5.74) is 1.27. The highest BCUT2D eigenvalue weighted by molar-refractivity contribution is 6.29. The lowest BCUT2D eigenvalue weighted by molar-refractivity contribution is 0.0696. The molecule has 0 aliphatic heterocycles. The van der Waals surface area contributed by atoms with Gasteiger partial charge in [-0.15, -0.1) is 0 Å². The Labute approximate surface area is 128 Å². The van der Waals surface area contributed by atoms with Crippen molar-refractivity contribution in [2.24, 2.45) is 0 Å². The summed E-state index contributed by atoms with van der Waals surface area (Å²) in [6, 6.07) is 10.3. The fraction of sp³-hybridized carbons (Fsp3) is 0.250. The van der Waals surface area contributed by atoms with Gasteiger partial charge in [-0.2, -0.15) is 0 Å². The number of nitrogens with zero attached hydrogens (tertiary/aromatic N) is 1. The van der Waals surface area contributed by atoms with Crippen LogP contribution in [0.15, 0.2) is 36.4 Å². The van der Waals surface area contributed by atoms with Gasteiger partial charge in [0.15, 0.2) is 0 Å². The molecule has 1 aromatic carbocycles. The number of pyridine rings is 1. The van der Waals surface area contributed by atoms with E-state index >= 15 is 0 Å². The lowest BCUT2D eigenvalue weighted by Gasteiger charge is -2.10. The number of benzene rings is 1. The van der Waals surface area contributed by atoms with Gasteiger partial charge in [0.1, 0.15) is 10.9 Å². The lowest BCUT2D eigenvalue weighted by Crippen LogP contribution is -1.99. The van der Waals surface area contributed by atoms with Crippen LogP contribution in [0.1, 0.15) is 42.1 Å². The number of halogens is 1. The maximum absolute atomic E-state index is 11.0. The van der Waals surface area contributed by atoms with Crippen LogP contribution in [0.2, 0.25) is 5.15 Å². The number of hydrogen-bond acceptors (Lipinski definition) is 3. The first-order valence-electron chi connectivity index (χ1n) is 6.68. The summed E-state index contributed by atoms with van der Waals surface area (Å²) in [6.07, 6.45) is 1.07. The molecule has 0 bridgehead atoms. The largest absolute Gasteiger partial charge is 0.478 e. The molecule has 1 unspecified atom stereocenters. The van der Waals surface area contributed by atoms with Gasteiger partial charge in [-0.1, -0.05) is 37.6 Å². The molecule has 0 amide bonds. The van der Waals surface area contributed by atoms with Crippen molar-refractivity contribution in [3.63, 3.8) is 0 Å². The molecule has 0 saturated heterocycles. The zero-order valence-electron chi connectivity index (χ0n) is 11.8. The molecule has 1 atom stereocenters. The molecule has 0 radical (unpaired) electrons. The normalized spacial score (nSPS) is 12.0. The highest BCUT2D eigenvalue weighted by Gasteiger charge is 2.09. The molecule has 0 fully saturated rings. The summed E-state index contributed by atoms with van der Waals surface area (Å²) in [5.74, 6) is 0.169. The Morgan fingerprint density at radius 2 is 2.00 bits per heavy atom. The van der Waals surface area contributed by atoms with Gasteiger partial charge < -0.3 is 9.84 Å². The Balaban J connectivity index is 2.20. The van der Waals surface area contributed by atoms with Crippen LogP contribution in [-0.2, 0) is 0 Å². The van der Waals surface area contributed by atoms with Crippen molar-refractivity contribution in [1.82, 2.24) is 4.98 Å². The molecular weight excluding hydrogens is 290 g/mol. The summed E-state index contributed by atoms with van der Waals surface area (Å²) < 4.78 is 5.56. The maximum Gasteiger partial charge on any atom is 0.335 e. The van der Waals surface area contributed by atoms with Crippen LogP contribution < -0.4 is 4.74 Å². The predicted molar refractivity (Wildman–Crippen MR) is 81.4 cm³/mol. The molecule has 0 spiro atoms. The molecule has 0 aliphatic carbocycles. The van der Waals surface area contributed by atoms with Crippen molar-refractivity contribution in [3.05, 3.63) is 52.7 Å². The average molecular weight is 306 g/mol. The van der Waals surface area contributed by atoms with Crippen LogP contribution >= 0.6 is 11.6 Å². The summed E-state index contributed by atoms with van der Waals surface area (Å²) in [7, 11) is 0.